The molecule has 2 aromatic rings. The van der Waals surface area contributed by atoms with Crippen molar-refractivity contribution in [2.24, 2.45) is 5.10 Å². The first-order valence-electron chi connectivity index (χ1n) is 7.57. The molecule has 0 fully saturated rings. The molecule has 2 aromatic carbocycles. The number of benzene rings is 2. The van der Waals surface area contributed by atoms with Gasteiger partial charge in [0.1, 0.15) is 0 Å². The number of hydrazone groups is 1. The van der Waals surface area contributed by atoms with Crippen molar-refractivity contribution in [3.8, 4) is 11.5 Å². The molecule has 0 atom stereocenters. The lowest BCUT2D eigenvalue weighted by atomic mass is 10.2. The lowest BCUT2D eigenvalue weighted by Crippen LogP contribution is -2.11. The number of amides is 1. The third-order valence-corrected chi connectivity index (χ3v) is 4.54. The van der Waals surface area contributed by atoms with Gasteiger partial charge in [0, 0.05) is 15.9 Å². The largest absolute Gasteiger partial charge is 0.504 e. The molecule has 0 radical (unpaired) electrons. The van der Waals surface area contributed by atoms with Gasteiger partial charge in [0.2, 0.25) is 5.91 Å². The molecule has 1 aliphatic rings. The Labute approximate surface area is 149 Å². The molecule has 0 saturated heterocycles. The number of hydrogen-bond donors (Lipinski definition) is 3. The average molecular weight is 355 g/mol. The Morgan fingerprint density at radius 3 is 3.00 bits per heavy atom. The molecular formula is C18H17N3O3S. The lowest BCUT2D eigenvalue weighted by Gasteiger charge is -2.07. The number of ether oxygens (including phenoxy) is 1. The van der Waals surface area contributed by atoms with E-state index < -0.39 is 0 Å². The van der Waals surface area contributed by atoms with E-state index in [1.807, 2.05) is 24.3 Å². The number of thioether (sulfide) groups is 1. The highest BCUT2D eigenvalue weighted by molar-refractivity contribution is 8.03. The van der Waals surface area contributed by atoms with Crippen molar-refractivity contribution in [2.45, 2.75) is 4.90 Å². The van der Waals surface area contributed by atoms with E-state index >= 15 is 0 Å². The van der Waals surface area contributed by atoms with E-state index in [0.29, 0.717) is 12.3 Å². The third kappa shape index (κ3) is 4.33. The average Bonchev–Trinajstić information content (AvgIpc) is 2.77. The second kappa shape index (κ2) is 7.76. The molecule has 3 rings (SSSR count). The van der Waals surface area contributed by atoms with Gasteiger partial charge in [-0.1, -0.05) is 23.9 Å². The van der Waals surface area contributed by atoms with Gasteiger partial charge >= 0.3 is 0 Å². The highest BCUT2D eigenvalue weighted by atomic mass is 32.2. The SMILES string of the molecule is COc1cc(/C=N/NCC2=CC(=O)Nc3ccccc3S2)ccc1O. The summed E-state index contributed by atoms with van der Waals surface area (Å²) in [7, 11) is 1.49. The van der Waals surface area contributed by atoms with Gasteiger partial charge in [-0.15, -0.1) is 0 Å². The van der Waals surface area contributed by atoms with Crippen LogP contribution in [0.4, 0.5) is 5.69 Å². The molecule has 25 heavy (non-hydrogen) atoms. The Bertz CT molecular complexity index is 849. The predicted octanol–water partition coefficient (Wildman–Crippen LogP) is 2.95. The first kappa shape index (κ1) is 16.9. The van der Waals surface area contributed by atoms with Crippen LogP contribution in [0.15, 0.2) is 63.4 Å². The second-order valence-electron chi connectivity index (χ2n) is 5.22. The zero-order valence-electron chi connectivity index (χ0n) is 13.5. The molecule has 6 nitrogen and oxygen atoms in total. The number of phenols is 1. The Kier molecular flexibility index (Phi) is 5.25. The molecule has 3 N–H and O–H groups in total. The van der Waals surface area contributed by atoms with Crippen molar-refractivity contribution in [1.82, 2.24) is 5.43 Å². The number of phenolic OH excluding ortho intramolecular Hbond substituents is 1. The van der Waals surface area contributed by atoms with Gasteiger partial charge in [-0.3, -0.25) is 4.79 Å². The maximum Gasteiger partial charge on any atom is 0.249 e. The van der Waals surface area contributed by atoms with Gasteiger partial charge < -0.3 is 20.6 Å². The number of anilines is 1. The number of nitrogens with zero attached hydrogens (tertiary/aromatic N) is 1. The van der Waals surface area contributed by atoms with E-state index in [1.54, 1.807) is 30.5 Å². The summed E-state index contributed by atoms with van der Waals surface area (Å²) in [5, 5.41) is 16.6. The number of hydrogen-bond acceptors (Lipinski definition) is 6. The number of aromatic hydroxyl groups is 1. The Balaban J connectivity index is 1.63. The normalized spacial score (nSPS) is 13.6. The van der Waals surface area contributed by atoms with Gasteiger partial charge in [-0.05, 0) is 35.9 Å². The Morgan fingerprint density at radius 1 is 1.32 bits per heavy atom. The number of para-hydroxylation sites is 1. The highest BCUT2D eigenvalue weighted by Crippen LogP contribution is 2.34. The van der Waals surface area contributed by atoms with Gasteiger partial charge in [0.05, 0.1) is 25.6 Å². The van der Waals surface area contributed by atoms with Crippen LogP contribution in [0.3, 0.4) is 0 Å². The Morgan fingerprint density at radius 2 is 2.16 bits per heavy atom. The zero-order chi connectivity index (χ0) is 17.6. The summed E-state index contributed by atoms with van der Waals surface area (Å²) < 4.78 is 5.06. The fourth-order valence-corrected chi connectivity index (χ4v) is 3.21. The zero-order valence-corrected chi connectivity index (χ0v) is 14.3. The van der Waals surface area contributed by atoms with Gasteiger partial charge in [-0.25, -0.2) is 0 Å². The smallest absolute Gasteiger partial charge is 0.249 e. The van der Waals surface area contributed by atoms with E-state index in [2.05, 4.69) is 15.8 Å². The molecule has 128 valence electrons. The van der Waals surface area contributed by atoms with E-state index in [4.69, 9.17) is 4.74 Å². The molecule has 0 unspecified atom stereocenters. The third-order valence-electron chi connectivity index (χ3n) is 3.44. The molecule has 1 amide bonds. The molecule has 0 aliphatic carbocycles. The minimum absolute atomic E-state index is 0.0808. The monoisotopic (exact) mass is 355 g/mol. The molecule has 1 heterocycles. The summed E-state index contributed by atoms with van der Waals surface area (Å²) in [4.78, 5) is 13.8. The van der Waals surface area contributed by atoms with Crippen molar-refractivity contribution in [1.29, 1.82) is 0 Å². The summed E-state index contributed by atoms with van der Waals surface area (Å²) in [6, 6.07) is 12.6. The summed E-state index contributed by atoms with van der Waals surface area (Å²) in [5.41, 5.74) is 4.53. The van der Waals surface area contributed by atoms with Crippen molar-refractivity contribution >= 4 is 29.6 Å². The lowest BCUT2D eigenvalue weighted by molar-refractivity contribution is -0.111. The van der Waals surface area contributed by atoms with E-state index in [1.165, 1.54) is 18.9 Å². The molecule has 0 bridgehead atoms. The maximum absolute atomic E-state index is 11.9. The van der Waals surface area contributed by atoms with Crippen LogP contribution in [0, 0.1) is 0 Å². The van der Waals surface area contributed by atoms with Gasteiger partial charge in [0.25, 0.3) is 0 Å². The topological polar surface area (TPSA) is 83.0 Å². The first-order valence-corrected chi connectivity index (χ1v) is 8.39. The van der Waals surface area contributed by atoms with Crippen LogP contribution < -0.4 is 15.5 Å². The van der Waals surface area contributed by atoms with Crippen LogP contribution in [0.2, 0.25) is 0 Å². The van der Waals surface area contributed by atoms with E-state index in [-0.39, 0.29) is 11.7 Å². The van der Waals surface area contributed by atoms with Crippen LogP contribution in [0.5, 0.6) is 11.5 Å². The number of rotatable bonds is 5. The molecular weight excluding hydrogens is 338 g/mol. The highest BCUT2D eigenvalue weighted by Gasteiger charge is 2.13. The van der Waals surface area contributed by atoms with Crippen LogP contribution in [-0.4, -0.2) is 30.9 Å². The van der Waals surface area contributed by atoms with Crippen molar-refractivity contribution < 1.29 is 14.6 Å². The molecule has 0 saturated carbocycles. The number of carbonyl (C=O) groups excluding carboxylic acids is 1. The molecule has 0 spiro atoms. The summed E-state index contributed by atoms with van der Waals surface area (Å²) in [5.74, 6) is 0.318. The van der Waals surface area contributed by atoms with Gasteiger partial charge in [0.15, 0.2) is 11.5 Å². The van der Waals surface area contributed by atoms with E-state index in [0.717, 1.165) is 21.1 Å². The molecule has 7 heteroatoms. The standard InChI is InChI=1S/C18H17N3O3S/c1-24-16-8-12(6-7-15(16)22)10-19-20-11-13-9-18(23)21-14-4-2-3-5-17(14)25-13/h2-10,20,22H,11H2,1H3,(H,21,23)/b19-10+. The molecule has 1 aliphatic heterocycles. The van der Waals surface area contributed by atoms with Gasteiger partial charge in [-0.2, -0.15) is 5.10 Å². The second-order valence-corrected chi connectivity index (χ2v) is 6.39. The summed E-state index contributed by atoms with van der Waals surface area (Å²) in [6.07, 6.45) is 3.19. The quantitative estimate of drug-likeness (QED) is 0.567. The van der Waals surface area contributed by atoms with Crippen molar-refractivity contribution in [3.05, 3.63) is 59.0 Å². The fraction of sp³-hybridized carbons (Fsp3) is 0.111. The minimum Gasteiger partial charge on any atom is -0.504 e. The fourth-order valence-electron chi connectivity index (χ4n) is 2.25. The van der Waals surface area contributed by atoms with Crippen LogP contribution in [-0.2, 0) is 4.79 Å². The predicted molar refractivity (Wildman–Crippen MR) is 99.3 cm³/mol. The summed E-state index contributed by atoms with van der Waals surface area (Å²) in [6.45, 7) is 0.429. The molecule has 0 aromatic heterocycles. The number of carbonyl (C=O) groups is 1. The Hall–Kier alpha value is -2.93. The number of fused-ring (bicyclic) bond motifs is 1. The van der Waals surface area contributed by atoms with Crippen LogP contribution in [0.25, 0.3) is 0 Å². The number of methoxy groups -OCH3 is 1. The number of nitrogens with one attached hydrogen (secondary N) is 2. The van der Waals surface area contributed by atoms with Crippen molar-refractivity contribution in [3.63, 3.8) is 0 Å². The van der Waals surface area contributed by atoms with Crippen LogP contribution >= 0.6 is 11.8 Å². The first-order chi connectivity index (χ1) is 12.2. The van der Waals surface area contributed by atoms with Crippen molar-refractivity contribution in [2.75, 3.05) is 19.0 Å². The summed E-state index contributed by atoms with van der Waals surface area (Å²) >= 11 is 1.52. The minimum atomic E-state index is -0.151. The van der Waals surface area contributed by atoms with Crippen LogP contribution in [0.1, 0.15) is 5.56 Å². The maximum atomic E-state index is 11.9. The van der Waals surface area contributed by atoms with E-state index in [9.17, 15) is 9.90 Å².